The van der Waals surface area contributed by atoms with Crippen molar-refractivity contribution in [3.63, 3.8) is 0 Å². The molecular formula is C25H28FN3O3. The van der Waals surface area contributed by atoms with Gasteiger partial charge in [-0.2, -0.15) is 0 Å². The number of piperazine rings is 1. The van der Waals surface area contributed by atoms with Crippen molar-refractivity contribution in [3.05, 3.63) is 53.0 Å². The van der Waals surface area contributed by atoms with Gasteiger partial charge in [-0.25, -0.2) is 9.37 Å². The van der Waals surface area contributed by atoms with Gasteiger partial charge in [-0.05, 0) is 56.0 Å². The van der Waals surface area contributed by atoms with Crippen LogP contribution in [0.1, 0.15) is 56.3 Å². The van der Waals surface area contributed by atoms with Crippen LogP contribution < -0.4 is 5.32 Å². The number of pyridine rings is 1. The standard InChI is InChI=1S/C25H28FN3O3/c1-14-9-15(7-8-17(14)26)18-10-16(24(2,3)4)22-19(28-18)11-20(32-22)23(31)29-12-21(30)27-13-25(29,5)6/h7-11H,12-13H2,1-6H3,(H,27,30). The molecule has 1 aliphatic rings. The highest BCUT2D eigenvalue weighted by Gasteiger charge is 2.38. The monoisotopic (exact) mass is 437 g/mol. The lowest BCUT2D eigenvalue weighted by Gasteiger charge is -2.41. The summed E-state index contributed by atoms with van der Waals surface area (Å²) in [4.78, 5) is 31.5. The number of nitrogens with one attached hydrogen (secondary N) is 1. The van der Waals surface area contributed by atoms with E-state index in [-0.39, 0.29) is 35.4 Å². The maximum Gasteiger partial charge on any atom is 0.290 e. The normalized spacial score (nSPS) is 16.3. The molecule has 3 heterocycles. The van der Waals surface area contributed by atoms with Crippen LogP contribution in [0.3, 0.4) is 0 Å². The van der Waals surface area contributed by atoms with Crippen LogP contribution in [-0.4, -0.2) is 40.3 Å². The number of rotatable bonds is 2. The molecule has 0 atom stereocenters. The zero-order valence-corrected chi connectivity index (χ0v) is 19.3. The highest BCUT2D eigenvalue weighted by atomic mass is 19.1. The number of amides is 2. The van der Waals surface area contributed by atoms with Crippen molar-refractivity contribution in [1.29, 1.82) is 0 Å². The van der Waals surface area contributed by atoms with Crippen LogP contribution in [0.5, 0.6) is 0 Å². The molecule has 0 radical (unpaired) electrons. The van der Waals surface area contributed by atoms with Crippen LogP contribution in [0.4, 0.5) is 4.39 Å². The SMILES string of the molecule is Cc1cc(-c2cc(C(C)(C)C)c3oc(C(=O)N4CC(=O)NCC4(C)C)cc3n2)ccc1F. The first-order chi connectivity index (χ1) is 14.9. The number of carbonyl (C=O) groups is 2. The molecule has 6 nitrogen and oxygen atoms in total. The minimum atomic E-state index is -0.541. The average molecular weight is 438 g/mol. The molecule has 0 aliphatic carbocycles. The molecule has 0 unspecified atom stereocenters. The number of furan rings is 1. The quantitative estimate of drug-likeness (QED) is 0.636. The fourth-order valence-electron chi connectivity index (χ4n) is 3.94. The van der Waals surface area contributed by atoms with Crippen molar-refractivity contribution < 1.29 is 18.4 Å². The van der Waals surface area contributed by atoms with E-state index in [4.69, 9.17) is 9.40 Å². The molecule has 0 saturated carbocycles. The van der Waals surface area contributed by atoms with Gasteiger partial charge in [0.1, 0.15) is 17.9 Å². The minimum Gasteiger partial charge on any atom is -0.449 e. The highest BCUT2D eigenvalue weighted by molar-refractivity contribution is 5.99. The Labute approximate surface area is 186 Å². The zero-order valence-electron chi connectivity index (χ0n) is 19.3. The third-order valence-electron chi connectivity index (χ3n) is 5.95. The first-order valence-corrected chi connectivity index (χ1v) is 10.7. The highest BCUT2D eigenvalue weighted by Crippen LogP contribution is 2.35. The van der Waals surface area contributed by atoms with Gasteiger partial charge in [0.05, 0.1) is 11.2 Å². The summed E-state index contributed by atoms with van der Waals surface area (Å²) in [6.07, 6.45) is 0. The summed E-state index contributed by atoms with van der Waals surface area (Å²) in [6.45, 7) is 12.0. The van der Waals surface area contributed by atoms with Gasteiger partial charge in [-0.1, -0.05) is 20.8 Å². The molecule has 1 saturated heterocycles. The second kappa shape index (κ2) is 7.43. The van der Waals surface area contributed by atoms with Gasteiger partial charge in [0.15, 0.2) is 11.3 Å². The lowest BCUT2D eigenvalue weighted by molar-refractivity contribution is -0.126. The number of fused-ring (bicyclic) bond motifs is 1. The van der Waals surface area contributed by atoms with Crippen molar-refractivity contribution in [2.45, 2.75) is 52.5 Å². The number of aryl methyl sites for hydroxylation is 1. The van der Waals surface area contributed by atoms with Gasteiger partial charge in [-0.15, -0.1) is 0 Å². The molecule has 168 valence electrons. The number of benzene rings is 1. The lowest BCUT2D eigenvalue weighted by atomic mass is 9.86. The Morgan fingerprint density at radius 2 is 1.94 bits per heavy atom. The Morgan fingerprint density at radius 1 is 1.22 bits per heavy atom. The van der Waals surface area contributed by atoms with Crippen LogP contribution in [-0.2, 0) is 10.2 Å². The molecule has 1 fully saturated rings. The first kappa shape index (κ1) is 22.0. The number of nitrogens with zero attached hydrogens (tertiary/aromatic N) is 2. The van der Waals surface area contributed by atoms with Crippen LogP contribution >= 0.6 is 0 Å². The van der Waals surface area contributed by atoms with E-state index in [9.17, 15) is 14.0 Å². The van der Waals surface area contributed by atoms with Gasteiger partial charge in [-0.3, -0.25) is 9.59 Å². The van der Waals surface area contributed by atoms with E-state index in [1.165, 1.54) is 11.0 Å². The Kier molecular flexibility index (Phi) is 5.11. The maximum atomic E-state index is 13.8. The molecule has 1 N–H and O–H groups in total. The summed E-state index contributed by atoms with van der Waals surface area (Å²) >= 11 is 0. The average Bonchev–Trinajstić information content (AvgIpc) is 3.14. The molecule has 32 heavy (non-hydrogen) atoms. The zero-order chi connectivity index (χ0) is 23.4. The molecule has 0 spiro atoms. The number of hydrogen-bond donors (Lipinski definition) is 1. The molecule has 7 heteroatoms. The van der Waals surface area contributed by atoms with E-state index in [0.29, 0.717) is 28.9 Å². The molecule has 1 aromatic carbocycles. The third-order valence-corrected chi connectivity index (χ3v) is 5.95. The van der Waals surface area contributed by atoms with E-state index in [2.05, 4.69) is 26.1 Å². The third kappa shape index (κ3) is 3.87. The van der Waals surface area contributed by atoms with Crippen molar-refractivity contribution in [3.8, 4) is 11.3 Å². The van der Waals surface area contributed by atoms with E-state index < -0.39 is 5.54 Å². The summed E-state index contributed by atoms with van der Waals surface area (Å²) in [5.41, 5.74) is 3.18. The predicted octanol–water partition coefficient (Wildman–Crippen LogP) is 4.59. The van der Waals surface area contributed by atoms with Crippen LogP contribution in [0.25, 0.3) is 22.4 Å². The second-order valence-corrected chi connectivity index (χ2v) is 10.1. The predicted molar refractivity (Wildman–Crippen MR) is 121 cm³/mol. The van der Waals surface area contributed by atoms with Crippen molar-refractivity contribution in [2.24, 2.45) is 0 Å². The molecule has 4 rings (SSSR count). The van der Waals surface area contributed by atoms with Gasteiger partial charge in [0, 0.05) is 23.7 Å². The topological polar surface area (TPSA) is 75.4 Å². The molecular weight excluding hydrogens is 409 g/mol. The van der Waals surface area contributed by atoms with Crippen LogP contribution in [0, 0.1) is 12.7 Å². The molecule has 2 aromatic heterocycles. The molecule has 3 aromatic rings. The summed E-state index contributed by atoms with van der Waals surface area (Å²) < 4.78 is 19.8. The fraction of sp³-hybridized carbons (Fsp3) is 0.400. The van der Waals surface area contributed by atoms with Gasteiger partial charge in [0.2, 0.25) is 5.91 Å². The second-order valence-electron chi connectivity index (χ2n) is 10.1. The number of aromatic nitrogens is 1. The molecule has 1 aliphatic heterocycles. The summed E-state index contributed by atoms with van der Waals surface area (Å²) in [7, 11) is 0. The number of hydrogen-bond acceptors (Lipinski definition) is 4. The van der Waals surface area contributed by atoms with Gasteiger partial charge in [0.25, 0.3) is 5.91 Å². The number of carbonyl (C=O) groups excluding carboxylic acids is 2. The Bertz CT molecular complexity index is 1240. The Morgan fingerprint density at radius 3 is 2.59 bits per heavy atom. The van der Waals surface area contributed by atoms with Gasteiger partial charge >= 0.3 is 0 Å². The van der Waals surface area contributed by atoms with E-state index in [0.717, 1.165) is 11.1 Å². The van der Waals surface area contributed by atoms with E-state index in [1.807, 2.05) is 19.9 Å². The van der Waals surface area contributed by atoms with Crippen LogP contribution in [0.2, 0.25) is 0 Å². The summed E-state index contributed by atoms with van der Waals surface area (Å²) in [5, 5.41) is 2.80. The molecule has 2 amide bonds. The summed E-state index contributed by atoms with van der Waals surface area (Å²) in [6, 6.07) is 8.46. The smallest absolute Gasteiger partial charge is 0.290 e. The van der Waals surface area contributed by atoms with E-state index >= 15 is 0 Å². The van der Waals surface area contributed by atoms with Crippen molar-refractivity contribution in [1.82, 2.24) is 15.2 Å². The largest absolute Gasteiger partial charge is 0.449 e. The van der Waals surface area contributed by atoms with Gasteiger partial charge < -0.3 is 14.6 Å². The minimum absolute atomic E-state index is 0.0253. The van der Waals surface area contributed by atoms with Crippen molar-refractivity contribution >= 4 is 22.9 Å². The molecule has 0 bridgehead atoms. The van der Waals surface area contributed by atoms with E-state index in [1.54, 1.807) is 25.1 Å². The number of halogens is 1. The fourth-order valence-corrected chi connectivity index (χ4v) is 3.94. The lowest BCUT2D eigenvalue weighted by Crippen LogP contribution is -2.62. The Hall–Kier alpha value is -3.22. The maximum absolute atomic E-state index is 13.8. The van der Waals surface area contributed by atoms with Crippen LogP contribution in [0.15, 0.2) is 34.7 Å². The first-order valence-electron chi connectivity index (χ1n) is 10.7. The Balaban J connectivity index is 1.84. The van der Waals surface area contributed by atoms with Crippen molar-refractivity contribution in [2.75, 3.05) is 13.1 Å². The summed E-state index contributed by atoms with van der Waals surface area (Å²) in [5.74, 6) is -0.665.